The third kappa shape index (κ3) is 4.49. The molecule has 170 valence electrons. The lowest BCUT2D eigenvalue weighted by atomic mass is 10.1. The Bertz CT molecular complexity index is 1320. The van der Waals surface area contributed by atoms with Crippen molar-refractivity contribution >= 4 is 34.0 Å². The number of hydrogen-bond acceptors (Lipinski definition) is 4. The summed E-state index contributed by atoms with van der Waals surface area (Å²) in [5.41, 5.74) is 4.19. The summed E-state index contributed by atoms with van der Waals surface area (Å²) in [6, 6.07) is 12.9. The minimum Gasteiger partial charge on any atom is -0.381 e. The molecule has 4 aromatic rings. The van der Waals surface area contributed by atoms with Gasteiger partial charge in [0.05, 0.1) is 10.6 Å². The van der Waals surface area contributed by atoms with Crippen LogP contribution >= 0.6 is 11.6 Å². The van der Waals surface area contributed by atoms with Crippen LogP contribution in [-0.2, 0) is 17.5 Å². The van der Waals surface area contributed by atoms with Crippen molar-refractivity contribution in [3.8, 4) is 0 Å². The number of ether oxygens (including phenoxy) is 1. The van der Waals surface area contributed by atoms with Gasteiger partial charge in [0.1, 0.15) is 11.8 Å². The van der Waals surface area contributed by atoms with E-state index < -0.39 is 18.0 Å². The summed E-state index contributed by atoms with van der Waals surface area (Å²) >= 11 is 6.52. The second-order valence-electron chi connectivity index (χ2n) is 7.97. The number of benzene rings is 2. The van der Waals surface area contributed by atoms with E-state index in [9.17, 15) is 13.2 Å². The molecular formula is C24H20ClF3N4O. The lowest BCUT2D eigenvalue weighted by Crippen LogP contribution is -2.08. The van der Waals surface area contributed by atoms with Crippen LogP contribution in [0, 0.1) is 6.92 Å². The highest BCUT2D eigenvalue weighted by atomic mass is 35.5. The van der Waals surface area contributed by atoms with E-state index in [0.717, 1.165) is 45.5 Å². The van der Waals surface area contributed by atoms with Crippen molar-refractivity contribution in [1.29, 1.82) is 0 Å². The normalized spacial score (nSPS) is 17.8. The summed E-state index contributed by atoms with van der Waals surface area (Å²) in [4.78, 5) is 7.42. The van der Waals surface area contributed by atoms with Crippen molar-refractivity contribution < 1.29 is 17.9 Å². The van der Waals surface area contributed by atoms with Crippen LogP contribution in [0.2, 0.25) is 5.02 Å². The first kappa shape index (κ1) is 21.6. The predicted molar refractivity (Wildman–Crippen MR) is 122 cm³/mol. The Hall–Kier alpha value is -3.23. The Kier molecular flexibility index (Phi) is 5.42. The SMILES string of the molecule is Cc1ccc(C2OC2Nc2cccc(C(F)(F)F)c2)cc1NCc1cnc2[nH]ccc2c1Cl. The Morgan fingerprint density at radius 1 is 1.15 bits per heavy atom. The number of halogens is 4. The molecule has 1 fully saturated rings. The highest BCUT2D eigenvalue weighted by Gasteiger charge is 2.41. The topological polar surface area (TPSA) is 65.3 Å². The molecule has 2 aromatic heterocycles. The lowest BCUT2D eigenvalue weighted by molar-refractivity contribution is -0.137. The number of rotatable bonds is 6. The average Bonchev–Trinajstić information content (AvgIpc) is 3.36. The second-order valence-corrected chi connectivity index (χ2v) is 8.34. The second kappa shape index (κ2) is 8.28. The minimum atomic E-state index is -4.39. The van der Waals surface area contributed by atoms with Gasteiger partial charge in [-0.1, -0.05) is 29.8 Å². The van der Waals surface area contributed by atoms with Crippen LogP contribution in [-0.4, -0.2) is 16.2 Å². The van der Waals surface area contributed by atoms with Gasteiger partial charge < -0.3 is 20.4 Å². The molecule has 3 heterocycles. The van der Waals surface area contributed by atoms with Gasteiger partial charge in [0.15, 0.2) is 6.23 Å². The molecule has 0 spiro atoms. The van der Waals surface area contributed by atoms with Crippen molar-refractivity contribution in [3.63, 3.8) is 0 Å². The number of aromatic nitrogens is 2. The zero-order valence-corrected chi connectivity index (χ0v) is 18.3. The molecule has 0 amide bonds. The summed E-state index contributed by atoms with van der Waals surface area (Å²) in [6.45, 7) is 2.49. The van der Waals surface area contributed by atoms with Crippen LogP contribution < -0.4 is 10.6 Å². The van der Waals surface area contributed by atoms with Gasteiger partial charge in [-0.15, -0.1) is 0 Å². The fourth-order valence-corrected chi connectivity index (χ4v) is 4.03. The molecule has 3 N–H and O–H groups in total. The van der Waals surface area contributed by atoms with Gasteiger partial charge >= 0.3 is 6.18 Å². The number of pyridine rings is 1. The largest absolute Gasteiger partial charge is 0.416 e. The molecule has 0 bridgehead atoms. The van der Waals surface area contributed by atoms with Gasteiger partial charge in [0, 0.05) is 41.3 Å². The third-order valence-electron chi connectivity index (χ3n) is 5.64. The number of H-pyrrole nitrogens is 1. The maximum atomic E-state index is 12.9. The van der Waals surface area contributed by atoms with E-state index in [1.165, 1.54) is 6.07 Å². The van der Waals surface area contributed by atoms with Gasteiger partial charge in [0.2, 0.25) is 0 Å². The van der Waals surface area contributed by atoms with Crippen LogP contribution in [0.3, 0.4) is 0 Å². The van der Waals surface area contributed by atoms with Crippen LogP contribution in [0.15, 0.2) is 60.9 Å². The molecule has 1 aliphatic rings. The zero-order chi connectivity index (χ0) is 23.2. The Labute approximate surface area is 192 Å². The third-order valence-corrected chi connectivity index (χ3v) is 6.09. The van der Waals surface area contributed by atoms with Crippen LogP contribution in [0.4, 0.5) is 24.5 Å². The molecule has 0 radical (unpaired) electrons. The zero-order valence-electron chi connectivity index (χ0n) is 17.5. The summed E-state index contributed by atoms with van der Waals surface area (Å²) in [5, 5.41) is 7.95. The Balaban J connectivity index is 1.27. The minimum absolute atomic E-state index is 0.248. The number of epoxide rings is 1. The van der Waals surface area contributed by atoms with Gasteiger partial charge in [-0.3, -0.25) is 0 Å². The van der Waals surface area contributed by atoms with Crippen molar-refractivity contribution in [3.05, 3.63) is 88.2 Å². The monoisotopic (exact) mass is 472 g/mol. The molecule has 5 rings (SSSR count). The summed E-state index contributed by atoms with van der Waals surface area (Å²) in [6.07, 6.45) is -1.48. The highest BCUT2D eigenvalue weighted by molar-refractivity contribution is 6.36. The highest BCUT2D eigenvalue weighted by Crippen LogP contribution is 2.41. The molecule has 0 aliphatic carbocycles. The molecule has 1 saturated heterocycles. The molecular weight excluding hydrogens is 453 g/mol. The number of fused-ring (bicyclic) bond motifs is 1. The Morgan fingerprint density at radius 2 is 2.00 bits per heavy atom. The van der Waals surface area contributed by atoms with E-state index in [4.69, 9.17) is 16.3 Å². The first-order valence-corrected chi connectivity index (χ1v) is 10.7. The summed E-state index contributed by atoms with van der Waals surface area (Å²) < 4.78 is 44.5. The molecule has 2 atom stereocenters. The van der Waals surface area contributed by atoms with Crippen LogP contribution in [0.1, 0.15) is 28.4 Å². The summed E-state index contributed by atoms with van der Waals surface area (Å²) in [5.74, 6) is 0. The lowest BCUT2D eigenvalue weighted by Gasteiger charge is -2.12. The number of anilines is 2. The van der Waals surface area contributed by atoms with E-state index >= 15 is 0 Å². The van der Waals surface area contributed by atoms with Crippen molar-refractivity contribution in [2.75, 3.05) is 10.6 Å². The number of aromatic amines is 1. The van der Waals surface area contributed by atoms with Crippen LogP contribution in [0.25, 0.3) is 11.0 Å². The number of alkyl halides is 3. The number of nitrogens with one attached hydrogen (secondary N) is 3. The van der Waals surface area contributed by atoms with Crippen molar-refractivity contribution in [1.82, 2.24) is 9.97 Å². The first-order valence-electron chi connectivity index (χ1n) is 10.3. The van der Waals surface area contributed by atoms with Gasteiger partial charge in [0.25, 0.3) is 0 Å². The fraction of sp³-hybridized carbons (Fsp3) is 0.208. The van der Waals surface area contributed by atoms with Gasteiger partial charge in [-0.25, -0.2) is 4.98 Å². The van der Waals surface area contributed by atoms with E-state index in [1.807, 2.05) is 31.2 Å². The van der Waals surface area contributed by atoms with E-state index in [2.05, 4.69) is 20.6 Å². The van der Waals surface area contributed by atoms with Crippen molar-refractivity contribution in [2.45, 2.75) is 32.0 Å². The molecule has 5 nitrogen and oxygen atoms in total. The molecule has 1 aliphatic heterocycles. The summed E-state index contributed by atoms with van der Waals surface area (Å²) in [7, 11) is 0. The average molecular weight is 473 g/mol. The maximum Gasteiger partial charge on any atom is 0.416 e. The quantitative estimate of drug-likeness (QED) is 0.274. The van der Waals surface area contributed by atoms with E-state index in [-0.39, 0.29) is 6.10 Å². The predicted octanol–water partition coefficient (Wildman–Crippen LogP) is 6.67. The van der Waals surface area contributed by atoms with Crippen LogP contribution in [0.5, 0.6) is 0 Å². The molecule has 0 saturated carbocycles. The van der Waals surface area contributed by atoms with Gasteiger partial charge in [-0.05, 0) is 48.4 Å². The molecule has 33 heavy (non-hydrogen) atoms. The van der Waals surface area contributed by atoms with Gasteiger partial charge in [-0.2, -0.15) is 13.2 Å². The number of aryl methyl sites for hydroxylation is 1. The Morgan fingerprint density at radius 3 is 2.82 bits per heavy atom. The van der Waals surface area contributed by atoms with E-state index in [1.54, 1.807) is 18.5 Å². The molecule has 2 unspecified atom stereocenters. The van der Waals surface area contributed by atoms with E-state index in [0.29, 0.717) is 17.3 Å². The maximum absolute atomic E-state index is 12.9. The number of hydrogen-bond donors (Lipinski definition) is 3. The number of nitrogens with zero attached hydrogens (tertiary/aromatic N) is 1. The van der Waals surface area contributed by atoms with Crippen molar-refractivity contribution in [2.24, 2.45) is 0 Å². The first-order chi connectivity index (χ1) is 15.8. The smallest absolute Gasteiger partial charge is 0.381 e. The molecule has 2 aromatic carbocycles. The molecule has 9 heteroatoms. The standard InChI is InChI=1S/C24H20ClF3N4O/c1-13-5-6-14(21-23(33-21)32-17-4-2-3-16(10-17)24(26,27)28)9-19(13)30-11-15-12-31-22-18(20(15)25)7-8-29-22/h2-10,12,21,23,30,32H,11H2,1H3,(H,29,31). The fourth-order valence-electron chi connectivity index (χ4n) is 3.76.